The Morgan fingerprint density at radius 2 is 1.96 bits per heavy atom. The van der Waals surface area contributed by atoms with E-state index in [-0.39, 0.29) is 17.6 Å². The van der Waals surface area contributed by atoms with Crippen molar-refractivity contribution in [1.29, 1.82) is 0 Å². The van der Waals surface area contributed by atoms with Crippen LogP contribution in [0, 0.1) is 0 Å². The quantitative estimate of drug-likeness (QED) is 0.925. The fourth-order valence-corrected chi connectivity index (χ4v) is 3.38. The summed E-state index contributed by atoms with van der Waals surface area (Å²) in [6.45, 7) is 7.27. The molecule has 0 amide bonds. The molecule has 0 spiro atoms. The molecule has 1 aromatic carbocycles. The van der Waals surface area contributed by atoms with Crippen molar-refractivity contribution in [2.24, 2.45) is 0 Å². The first kappa shape index (κ1) is 16.1. The molecule has 1 saturated carbocycles. The van der Waals surface area contributed by atoms with E-state index in [4.69, 9.17) is 10.5 Å². The number of nitrogen functional groups attached to an aromatic ring is 1. The van der Waals surface area contributed by atoms with Gasteiger partial charge < -0.3 is 10.5 Å². The molecule has 0 radical (unpaired) electrons. The van der Waals surface area contributed by atoms with Crippen molar-refractivity contribution in [3.8, 4) is 0 Å². The van der Waals surface area contributed by atoms with Gasteiger partial charge in [-0.2, -0.15) is 5.10 Å². The molecule has 0 bridgehead atoms. The Kier molecular flexibility index (Phi) is 4.44. The monoisotopic (exact) mass is 313 g/mol. The Morgan fingerprint density at radius 1 is 1.22 bits per heavy atom. The highest BCUT2D eigenvalue weighted by Crippen LogP contribution is 2.36. The van der Waals surface area contributed by atoms with Gasteiger partial charge in [-0.1, -0.05) is 51.1 Å². The molecule has 0 unspecified atom stereocenters. The van der Waals surface area contributed by atoms with Crippen molar-refractivity contribution in [3.05, 3.63) is 47.7 Å². The first-order valence-corrected chi connectivity index (χ1v) is 8.46. The van der Waals surface area contributed by atoms with Crippen LogP contribution >= 0.6 is 0 Å². The van der Waals surface area contributed by atoms with Gasteiger partial charge in [-0.15, -0.1) is 0 Å². The van der Waals surface area contributed by atoms with Crippen LogP contribution in [0.3, 0.4) is 0 Å². The number of nitrogens with two attached hydrogens (primary N) is 1. The van der Waals surface area contributed by atoms with E-state index in [0.717, 1.165) is 12.8 Å². The number of aromatic nitrogens is 2. The Bertz CT molecular complexity index is 642. The third kappa shape index (κ3) is 3.58. The summed E-state index contributed by atoms with van der Waals surface area (Å²) in [5.74, 6) is 0.601. The van der Waals surface area contributed by atoms with Gasteiger partial charge in [0.05, 0.1) is 18.8 Å². The molecular formula is C19H27N3O. The fraction of sp³-hybridized carbons (Fsp3) is 0.526. The largest absolute Gasteiger partial charge is 0.382 e. The zero-order valence-electron chi connectivity index (χ0n) is 14.3. The molecular weight excluding hydrogens is 286 g/mol. The van der Waals surface area contributed by atoms with E-state index in [1.54, 1.807) is 0 Å². The molecule has 1 aliphatic rings. The molecule has 3 rings (SSSR count). The number of anilines is 1. The first-order valence-electron chi connectivity index (χ1n) is 8.46. The number of benzene rings is 1. The van der Waals surface area contributed by atoms with Crippen molar-refractivity contribution >= 4 is 5.82 Å². The molecule has 0 aliphatic heterocycles. The predicted octanol–water partition coefficient (Wildman–Crippen LogP) is 4.07. The second kappa shape index (κ2) is 6.36. The van der Waals surface area contributed by atoms with Crippen LogP contribution in [0.2, 0.25) is 0 Å². The van der Waals surface area contributed by atoms with Crippen LogP contribution in [-0.2, 0) is 16.8 Å². The average Bonchev–Trinajstić information content (AvgIpc) is 3.11. The van der Waals surface area contributed by atoms with Gasteiger partial charge in [-0.05, 0) is 24.8 Å². The minimum absolute atomic E-state index is 0.0250. The van der Waals surface area contributed by atoms with Crippen LogP contribution in [-0.4, -0.2) is 15.9 Å². The van der Waals surface area contributed by atoms with Crippen molar-refractivity contribution in [2.75, 3.05) is 5.73 Å². The molecule has 2 atom stereocenters. The summed E-state index contributed by atoms with van der Waals surface area (Å²) < 4.78 is 8.35. The Morgan fingerprint density at radius 3 is 2.65 bits per heavy atom. The lowest BCUT2D eigenvalue weighted by Gasteiger charge is -2.27. The number of rotatable bonds is 4. The summed E-state index contributed by atoms with van der Waals surface area (Å²) in [5, 5.41) is 4.58. The molecule has 1 aromatic heterocycles. The Balaban J connectivity index is 1.77. The van der Waals surface area contributed by atoms with Crippen molar-refractivity contribution in [2.45, 2.75) is 64.2 Å². The van der Waals surface area contributed by atoms with E-state index in [2.05, 4.69) is 54.8 Å². The van der Waals surface area contributed by atoms with E-state index >= 15 is 0 Å². The smallest absolute Gasteiger partial charge is 0.145 e. The molecule has 23 heavy (non-hydrogen) atoms. The van der Waals surface area contributed by atoms with E-state index in [1.165, 1.54) is 17.7 Å². The highest BCUT2D eigenvalue weighted by atomic mass is 16.5. The average molecular weight is 313 g/mol. The maximum Gasteiger partial charge on any atom is 0.145 e. The van der Waals surface area contributed by atoms with Crippen LogP contribution < -0.4 is 5.73 Å². The summed E-state index contributed by atoms with van der Waals surface area (Å²) in [4.78, 5) is 0. The summed E-state index contributed by atoms with van der Waals surface area (Å²) in [6, 6.07) is 12.6. The van der Waals surface area contributed by atoms with Gasteiger partial charge in [-0.3, -0.25) is 4.68 Å². The van der Waals surface area contributed by atoms with Crippen LogP contribution in [0.1, 0.15) is 57.3 Å². The van der Waals surface area contributed by atoms with Gasteiger partial charge >= 0.3 is 0 Å². The molecule has 2 N–H and O–H groups in total. The maximum atomic E-state index is 6.23. The highest BCUT2D eigenvalue weighted by Gasteiger charge is 2.34. The van der Waals surface area contributed by atoms with Gasteiger partial charge in [0.25, 0.3) is 0 Å². The number of nitrogens with zero attached hydrogens (tertiary/aromatic N) is 2. The van der Waals surface area contributed by atoms with E-state index < -0.39 is 0 Å². The molecule has 0 saturated heterocycles. The van der Waals surface area contributed by atoms with Gasteiger partial charge in [0.15, 0.2) is 0 Å². The summed E-state index contributed by atoms with van der Waals surface area (Å²) >= 11 is 0. The molecule has 4 heteroatoms. The molecule has 1 fully saturated rings. The van der Waals surface area contributed by atoms with Crippen molar-refractivity contribution in [3.63, 3.8) is 0 Å². The minimum atomic E-state index is 0.0250. The van der Waals surface area contributed by atoms with E-state index in [0.29, 0.717) is 12.4 Å². The van der Waals surface area contributed by atoms with Crippen LogP contribution in [0.5, 0.6) is 0 Å². The van der Waals surface area contributed by atoms with Crippen LogP contribution in [0.15, 0.2) is 36.4 Å². The second-order valence-electron chi connectivity index (χ2n) is 7.48. The van der Waals surface area contributed by atoms with Crippen molar-refractivity contribution in [1.82, 2.24) is 9.78 Å². The normalized spacial score (nSPS) is 21.7. The molecule has 4 nitrogen and oxygen atoms in total. The molecule has 1 heterocycles. The van der Waals surface area contributed by atoms with Gasteiger partial charge in [0.2, 0.25) is 0 Å². The zero-order chi connectivity index (χ0) is 16.4. The summed E-state index contributed by atoms with van der Waals surface area (Å²) in [7, 11) is 0. The van der Waals surface area contributed by atoms with Crippen LogP contribution in [0.25, 0.3) is 0 Å². The molecule has 1 aliphatic carbocycles. The highest BCUT2D eigenvalue weighted by molar-refractivity contribution is 5.33. The number of ether oxygens (including phenoxy) is 1. The predicted molar refractivity (Wildman–Crippen MR) is 93.2 cm³/mol. The second-order valence-corrected chi connectivity index (χ2v) is 7.48. The molecule has 124 valence electrons. The lowest BCUT2D eigenvalue weighted by atomic mass is 9.91. The van der Waals surface area contributed by atoms with Gasteiger partial charge in [0, 0.05) is 17.2 Å². The van der Waals surface area contributed by atoms with E-state index in [1.807, 2.05) is 12.1 Å². The fourth-order valence-electron chi connectivity index (χ4n) is 3.38. The van der Waals surface area contributed by atoms with Gasteiger partial charge in [-0.25, -0.2) is 0 Å². The summed E-state index contributed by atoms with van der Waals surface area (Å²) in [5.41, 5.74) is 8.41. The minimum Gasteiger partial charge on any atom is -0.382 e. The van der Waals surface area contributed by atoms with Gasteiger partial charge in [0.1, 0.15) is 5.82 Å². The topological polar surface area (TPSA) is 53.1 Å². The molecule has 2 aromatic rings. The third-order valence-electron chi connectivity index (χ3n) is 4.56. The maximum absolute atomic E-state index is 6.23. The SMILES string of the molecule is CC(C)(C)c1cc(N)nn1[C@H]1CCC[C@H]1OCc1ccccc1. The van der Waals surface area contributed by atoms with E-state index in [9.17, 15) is 0 Å². The Labute approximate surface area is 138 Å². The standard InChI is InChI=1S/C19H27N3O/c1-19(2,3)17-12-18(20)21-22(17)15-10-7-11-16(15)23-13-14-8-5-4-6-9-14/h4-6,8-9,12,15-16H,7,10-11,13H2,1-3H3,(H2,20,21)/t15-,16+/m0/s1. The van der Waals surface area contributed by atoms with Crippen molar-refractivity contribution < 1.29 is 4.74 Å². The number of hydrogen-bond acceptors (Lipinski definition) is 3. The Hall–Kier alpha value is -1.81. The lowest BCUT2D eigenvalue weighted by Crippen LogP contribution is -2.28. The third-order valence-corrected chi connectivity index (χ3v) is 4.56. The lowest BCUT2D eigenvalue weighted by molar-refractivity contribution is 0.0154. The summed E-state index contributed by atoms with van der Waals surface area (Å²) in [6.07, 6.45) is 3.56. The van der Waals surface area contributed by atoms with Crippen LogP contribution in [0.4, 0.5) is 5.82 Å². The first-order chi connectivity index (χ1) is 10.9. The number of hydrogen-bond donors (Lipinski definition) is 1. The zero-order valence-corrected chi connectivity index (χ0v) is 14.3.